The summed E-state index contributed by atoms with van der Waals surface area (Å²) in [5, 5.41) is 7.50. The van der Waals surface area contributed by atoms with E-state index in [9.17, 15) is 4.79 Å². The fraction of sp³-hybridized carbons (Fsp3) is 0.0909. The number of carbonyl (C=O) groups is 1. The molecule has 0 radical (unpaired) electrons. The molecule has 0 fully saturated rings. The van der Waals surface area contributed by atoms with Crippen molar-refractivity contribution in [3.05, 3.63) is 95.9 Å². The van der Waals surface area contributed by atoms with Crippen LogP contribution >= 0.6 is 0 Å². The van der Waals surface area contributed by atoms with Gasteiger partial charge in [0.05, 0.1) is 11.9 Å². The molecule has 0 bridgehead atoms. The third-order valence-electron chi connectivity index (χ3n) is 4.48. The Morgan fingerprint density at radius 2 is 1.74 bits per heavy atom. The van der Waals surface area contributed by atoms with Crippen molar-refractivity contribution in [1.29, 1.82) is 0 Å². The summed E-state index contributed by atoms with van der Waals surface area (Å²) in [5.74, 6) is 0.517. The molecule has 134 valence electrons. The SMILES string of the molecule is Cc1cccc(-n2ncc(C(=O)Nc3ccccc3C)c2-n2cccc2)c1. The quantitative estimate of drug-likeness (QED) is 0.584. The molecule has 2 heterocycles. The van der Waals surface area contributed by atoms with E-state index in [1.165, 1.54) is 0 Å². The summed E-state index contributed by atoms with van der Waals surface area (Å²) in [4.78, 5) is 13.0. The number of benzene rings is 2. The first-order chi connectivity index (χ1) is 13.1. The van der Waals surface area contributed by atoms with Crippen molar-refractivity contribution in [3.63, 3.8) is 0 Å². The number of hydrogen-bond acceptors (Lipinski definition) is 2. The summed E-state index contributed by atoms with van der Waals surface area (Å²) >= 11 is 0. The largest absolute Gasteiger partial charge is 0.322 e. The average Bonchev–Trinajstić information content (AvgIpc) is 3.32. The third-order valence-corrected chi connectivity index (χ3v) is 4.48. The highest BCUT2D eigenvalue weighted by Gasteiger charge is 2.20. The summed E-state index contributed by atoms with van der Waals surface area (Å²) < 4.78 is 3.70. The minimum atomic E-state index is -0.188. The zero-order valence-corrected chi connectivity index (χ0v) is 15.3. The lowest BCUT2D eigenvalue weighted by atomic mass is 10.2. The molecule has 1 amide bonds. The maximum Gasteiger partial charge on any atom is 0.261 e. The summed E-state index contributed by atoms with van der Waals surface area (Å²) in [7, 11) is 0. The van der Waals surface area contributed by atoms with Crippen LogP contribution in [-0.2, 0) is 0 Å². The van der Waals surface area contributed by atoms with Gasteiger partial charge in [-0.1, -0.05) is 30.3 Å². The lowest BCUT2D eigenvalue weighted by molar-refractivity contribution is 0.102. The van der Waals surface area contributed by atoms with Crippen LogP contribution in [0, 0.1) is 13.8 Å². The second kappa shape index (κ2) is 6.96. The Morgan fingerprint density at radius 1 is 0.963 bits per heavy atom. The first kappa shape index (κ1) is 16.8. The normalized spacial score (nSPS) is 10.7. The average molecular weight is 356 g/mol. The highest BCUT2D eigenvalue weighted by Crippen LogP contribution is 2.22. The van der Waals surface area contributed by atoms with E-state index in [1.54, 1.807) is 10.9 Å². The van der Waals surface area contributed by atoms with Crippen LogP contribution in [0.4, 0.5) is 5.69 Å². The molecule has 0 aliphatic carbocycles. The summed E-state index contributed by atoms with van der Waals surface area (Å²) in [6.07, 6.45) is 5.44. The van der Waals surface area contributed by atoms with Crippen molar-refractivity contribution >= 4 is 11.6 Å². The molecule has 4 aromatic rings. The molecule has 2 aromatic heterocycles. The molecular weight excluding hydrogens is 336 g/mol. The van der Waals surface area contributed by atoms with Crippen molar-refractivity contribution in [2.45, 2.75) is 13.8 Å². The van der Waals surface area contributed by atoms with Gasteiger partial charge in [-0.05, 0) is 55.3 Å². The number of carbonyl (C=O) groups excluding carboxylic acids is 1. The lowest BCUT2D eigenvalue weighted by Crippen LogP contribution is -2.16. The van der Waals surface area contributed by atoms with Gasteiger partial charge in [0.1, 0.15) is 5.56 Å². The Bertz CT molecular complexity index is 1090. The first-order valence-electron chi connectivity index (χ1n) is 8.79. The number of rotatable bonds is 4. The Kier molecular flexibility index (Phi) is 4.34. The molecule has 0 aliphatic rings. The number of aryl methyl sites for hydroxylation is 2. The van der Waals surface area contributed by atoms with Gasteiger partial charge >= 0.3 is 0 Å². The molecule has 0 spiro atoms. The minimum absolute atomic E-state index is 0.188. The second-order valence-electron chi connectivity index (χ2n) is 6.49. The van der Waals surface area contributed by atoms with Crippen molar-refractivity contribution in [2.24, 2.45) is 0 Å². The van der Waals surface area contributed by atoms with E-state index in [-0.39, 0.29) is 5.91 Å². The van der Waals surface area contributed by atoms with Crippen LogP contribution in [0.25, 0.3) is 11.5 Å². The number of hydrogen-bond donors (Lipinski definition) is 1. The zero-order chi connectivity index (χ0) is 18.8. The highest BCUT2D eigenvalue weighted by atomic mass is 16.1. The monoisotopic (exact) mass is 356 g/mol. The Hall–Kier alpha value is -3.60. The summed E-state index contributed by atoms with van der Waals surface area (Å²) in [6, 6.07) is 19.6. The number of amides is 1. The van der Waals surface area contributed by atoms with E-state index in [0.29, 0.717) is 11.4 Å². The van der Waals surface area contributed by atoms with Gasteiger partial charge in [-0.25, -0.2) is 4.68 Å². The van der Waals surface area contributed by atoms with Crippen LogP contribution in [0.1, 0.15) is 21.5 Å². The van der Waals surface area contributed by atoms with Gasteiger partial charge in [-0.2, -0.15) is 5.10 Å². The van der Waals surface area contributed by atoms with Crippen LogP contribution in [0.15, 0.2) is 79.3 Å². The van der Waals surface area contributed by atoms with Gasteiger partial charge in [0.15, 0.2) is 5.82 Å². The van der Waals surface area contributed by atoms with Crippen LogP contribution in [0.2, 0.25) is 0 Å². The van der Waals surface area contributed by atoms with E-state index in [0.717, 1.165) is 22.5 Å². The minimum Gasteiger partial charge on any atom is -0.322 e. The predicted molar refractivity (Wildman–Crippen MR) is 107 cm³/mol. The zero-order valence-electron chi connectivity index (χ0n) is 15.3. The molecular formula is C22H20N4O. The van der Waals surface area contributed by atoms with Crippen molar-refractivity contribution in [1.82, 2.24) is 14.3 Å². The van der Waals surface area contributed by atoms with Crippen LogP contribution in [0.5, 0.6) is 0 Å². The first-order valence-corrected chi connectivity index (χ1v) is 8.79. The molecule has 0 saturated heterocycles. The Balaban J connectivity index is 1.80. The van der Waals surface area contributed by atoms with Gasteiger partial charge < -0.3 is 9.88 Å². The van der Waals surface area contributed by atoms with E-state index in [2.05, 4.69) is 10.4 Å². The molecule has 0 saturated carbocycles. The third kappa shape index (κ3) is 3.27. The molecule has 1 N–H and O–H groups in total. The fourth-order valence-corrected chi connectivity index (χ4v) is 3.08. The van der Waals surface area contributed by atoms with Gasteiger partial charge in [0.25, 0.3) is 5.91 Å². The number of nitrogens with zero attached hydrogens (tertiary/aromatic N) is 3. The standard InChI is InChI=1S/C22H20N4O/c1-16-8-7-10-18(14-16)26-22(25-12-5-6-13-25)19(15-23-26)21(27)24-20-11-4-3-9-17(20)2/h3-15H,1-2H3,(H,24,27). The molecule has 27 heavy (non-hydrogen) atoms. The van der Waals surface area contributed by atoms with Crippen LogP contribution < -0.4 is 5.32 Å². The molecule has 5 nitrogen and oxygen atoms in total. The number of para-hydroxylation sites is 1. The molecule has 2 aromatic carbocycles. The maximum atomic E-state index is 13.0. The summed E-state index contributed by atoms with van der Waals surface area (Å²) in [5.41, 5.74) is 4.36. The Morgan fingerprint density at radius 3 is 2.48 bits per heavy atom. The number of nitrogens with one attached hydrogen (secondary N) is 1. The van der Waals surface area contributed by atoms with E-state index < -0.39 is 0 Å². The van der Waals surface area contributed by atoms with Gasteiger partial charge in [-0.15, -0.1) is 0 Å². The lowest BCUT2D eigenvalue weighted by Gasteiger charge is -2.12. The van der Waals surface area contributed by atoms with Crippen LogP contribution in [0.3, 0.4) is 0 Å². The van der Waals surface area contributed by atoms with Crippen molar-refractivity contribution < 1.29 is 4.79 Å². The van der Waals surface area contributed by atoms with Gasteiger partial charge in [-0.3, -0.25) is 4.79 Å². The van der Waals surface area contributed by atoms with E-state index in [4.69, 9.17) is 0 Å². The van der Waals surface area contributed by atoms with Gasteiger partial charge in [0, 0.05) is 18.1 Å². The fourth-order valence-electron chi connectivity index (χ4n) is 3.08. The highest BCUT2D eigenvalue weighted by molar-refractivity contribution is 6.06. The number of anilines is 1. The summed E-state index contributed by atoms with van der Waals surface area (Å²) in [6.45, 7) is 4.01. The van der Waals surface area contributed by atoms with Gasteiger partial charge in [0.2, 0.25) is 0 Å². The van der Waals surface area contributed by atoms with Crippen molar-refractivity contribution in [3.8, 4) is 11.5 Å². The smallest absolute Gasteiger partial charge is 0.261 e. The molecule has 0 aliphatic heterocycles. The van der Waals surface area contributed by atoms with E-state index in [1.807, 2.05) is 91.5 Å². The molecule has 4 rings (SSSR count). The molecule has 0 unspecified atom stereocenters. The van der Waals surface area contributed by atoms with Crippen molar-refractivity contribution in [2.75, 3.05) is 5.32 Å². The van der Waals surface area contributed by atoms with E-state index >= 15 is 0 Å². The maximum absolute atomic E-state index is 13.0. The Labute approximate surface area is 157 Å². The predicted octanol–water partition coefficient (Wildman–Crippen LogP) is 4.53. The number of aromatic nitrogens is 3. The molecule has 0 atom stereocenters. The van der Waals surface area contributed by atoms with Crippen LogP contribution in [-0.4, -0.2) is 20.3 Å². The second-order valence-corrected chi connectivity index (χ2v) is 6.49. The topological polar surface area (TPSA) is 51.9 Å². The molecule has 5 heteroatoms.